The minimum absolute atomic E-state index is 0.0777. The fourth-order valence-corrected chi connectivity index (χ4v) is 4.64. The molecule has 0 spiro atoms. The molecule has 4 rings (SSSR count). The highest BCUT2D eigenvalue weighted by Gasteiger charge is 2.49. The largest absolute Gasteiger partial charge is 0.480 e. The van der Waals surface area contributed by atoms with E-state index in [1.54, 1.807) is 12.1 Å². The third-order valence-electron chi connectivity index (χ3n) is 5.08. The smallest absolute Gasteiger partial charge is 0.326 e. The number of hydrogen-bond donors (Lipinski definition) is 1. The van der Waals surface area contributed by atoms with Crippen LogP contribution in [0.5, 0.6) is 11.5 Å². The van der Waals surface area contributed by atoms with E-state index in [0.29, 0.717) is 34.0 Å². The van der Waals surface area contributed by atoms with E-state index in [1.165, 1.54) is 4.90 Å². The Morgan fingerprint density at radius 3 is 2.87 bits per heavy atom. The second kappa shape index (κ2) is 5.40. The molecule has 1 saturated carbocycles. The monoisotopic (exact) mass is 381 g/mol. The molecule has 23 heavy (non-hydrogen) atoms. The highest BCUT2D eigenvalue weighted by Crippen LogP contribution is 2.44. The van der Waals surface area contributed by atoms with Crippen LogP contribution >= 0.6 is 15.9 Å². The molecule has 0 aromatic heterocycles. The second-order valence-corrected chi connectivity index (χ2v) is 7.14. The van der Waals surface area contributed by atoms with Crippen LogP contribution < -0.4 is 9.47 Å². The first kappa shape index (κ1) is 14.8. The van der Waals surface area contributed by atoms with E-state index in [2.05, 4.69) is 15.9 Å². The average Bonchev–Trinajstić information content (AvgIpc) is 3.20. The maximum absolute atomic E-state index is 12.9. The van der Waals surface area contributed by atoms with Gasteiger partial charge in [0.05, 0.1) is 4.47 Å². The molecule has 0 radical (unpaired) electrons. The molecule has 1 aromatic rings. The van der Waals surface area contributed by atoms with E-state index in [9.17, 15) is 14.7 Å². The number of likely N-dealkylation sites (tertiary alicyclic amines) is 1. The van der Waals surface area contributed by atoms with Gasteiger partial charge >= 0.3 is 5.97 Å². The van der Waals surface area contributed by atoms with Crippen LogP contribution in [-0.2, 0) is 4.79 Å². The van der Waals surface area contributed by atoms with Crippen LogP contribution in [0.1, 0.15) is 29.6 Å². The van der Waals surface area contributed by atoms with Gasteiger partial charge < -0.3 is 19.5 Å². The number of carbonyl (C=O) groups excluding carboxylic acids is 1. The van der Waals surface area contributed by atoms with Crippen LogP contribution in [0.15, 0.2) is 16.6 Å². The van der Waals surface area contributed by atoms with Crippen LogP contribution in [0.2, 0.25) is 0 Å². The first-order valence-corrected chi connectivity index (χ1v) is 8.48. The van der Waals surface area contributed by atoms with Gasteiger partial charge in [-0.15, -0.1) is 0 Å². The molecule has 122 valence electrons. The quantitative estimate of drug-likeness (QED) is 0.851. The number of carboxylic acid groups (broad SMARTS) is 1. The number of aliphatic carboxylic acids is 1. The van der Waals surface area contributed by atoms with Crippen LogP contribution in [0, 0.1) is 11.8 Å². The Morgan fingerprint density at radius 2 is 2.09 bits per heavy atom. The number of nitrogens with zero attached hydrogens (tertiary/aromatic N) is 1. The average molecular weight is 382 g/mol. The summed E-state index contributed by atoms with van der Waals surface area (Å²) in [5.74, 6) is 0.299. The Hall–Kier alpha value is -1.76. The zero-order valence-electron chi connectivity index (χ0n) is 12.3. The number of amides is 1. The summed E-state index contributed by atoms with van der Waals surface area (Å²) in [6.45, 7) is 0.643. The lowest BCUT2D eigenvalue weighted by molar-refractivity contribution is -0.142. The maximum atomic E-state index is 12.9. The predicted octanol–water partition coefficient (Wildman–Crippen LogP) is 2.50. The van der Waals surface area contributed by atoms with Gasteiger partial charge in [0.25, 0.3) is 5.91 Å². The lowest BCUT2D eigenvalue weighted by Crippen LogP contribution is -2.43. The van der Waals surface area contributed by atoms with Crippen molar-refractivity contribution < 1.29 is 24.2 Å². The lowest BCUT2D eigenvalue weighted by atomic mass is 9.94. The van der Waals surface area contributed by atoms with Gasteiger partial charge in [-0.3, -0.25) is 4.79 Å². The molecule has 1 aromatic carbocycles. The van der Waals surface area contributed by atoms with Crippen LogP contribution in [0.3, 0.4) is 0 Å². The molecule has 1 N–H and O–H groups in total. The molecule has 1 saturated heterocycles. The number of hydrogen-bond acceptors (Lipinski definition) is 4. The van der Waals surface area contributed by atoms with Gasteiger partial charge in [-0.2, -0.15) is 0 Å². The van der Waals surface area contributed by atoms with Crippen molar-refractivity contribution in [2.75, 3.05) is 13.3 Å². The molecule has 1 aliphatic carbocycles. The van der Waals surface area contributed by atoms with Gasteiger partial charge in [-0.1, -0.05) is 6.42 Å². The zero-order valence-corrected chi connectivity index (χ0v) is 13.9. The number of halogens is 1. The van der Waals surface area contributed by atoms with E-state index in [4.69, 9.17) is 9.47 Å². The Kier molecular flexibility index (Phi) is 3.48. The summed E-state index contributed by atoms with van der Waals surface area (Å²) in [4.78, 5) is 26.1. The molecule has 2 heterocycles. The van der Waals surface area contributed by atoms with Gasteiger partial charge in [0.1, 0.15) is 6.04 Å². The van der Waals surface area contributed by atoms with Crippen molar-refractivity contribution >= 4 is 27.8 Å². The number of rotatable bonds is 2. The van der Waals surface area contributed by atoms with E-state index >= 15 is 0 Å². The van der Waals surface area contributed by atoms with E-state index < -0.39 is 12.0 Å². The van der Waals surface area contributed by atoms with Crippen molar-refractivity contribution in [2.24, 2.45) is 11.8 Å². The molecule has 3 unspecified atom stereocenters. The Balaban J connectivity index is 1.66. The molecule has 2 fully saturated rings. The SMILES string of the molecule is O=C(O)C1C2CCCC2CN1C(=O)c1cc(Br)c2c(c1)OCO2. The summed E-state index contributed by atoms with van der Waals surface area (Å²) in [5.41, 5.74) is 0.423. The summed E-state index contributed by atoms with van der Waals surface area (Å²) in [5, 5.41) is 9.59. The third-order valence-corrected chi connectivity index (χ3v) is 5.67. The summed E-state index contributed by atoms with van der Waals surface area (Å²) < 4.78 is 11.3. The number of benzene rings is 1. The minimum Gasteiger partial charge on any atom is -0.480 e. The predicted molar refractivity (Wildman–Crippen MR) is 83.6 cm³/mol. The standard InChI is InChI=1S/C16H16BrNO5/c17-11-4-9(5-12-14(11)23-7-22-12)15(19)18-6-8-2-1-3-10(8)13(18)16(20)21/h4-5,8,10,13H,1-3,6-7H2,(H,20,21). The summed E-state index contributed by atoms with van der Waals surface area (Å²) in [6, 6.07) is 2.57. The first-order valence-electron chi connectivity index (χ1n) is 7.69. The topological polar surface area (TPSA) is 76.1 Å². The maximum Gasteiger partial charge on any atom is 0.326 e. The highest BCUT2D eigenvalue weighted by molar-refractivity contribution is 9.10. The normalized spacial score (nSPS) is 28.0. The van der Waals surface area contributed by atoms with Crippen molar-refractivity contribution in [3.63, 3.8) is 0 Å². The van der Waals surface area contributed by atoms with E-state index in [0.717, 1.165) is 19.3 Å². The van der Waals surface area contributed by atoms with Crippen LogP contribution in [0.25, 0.3) is 0 Å². The van der Waals surface area contributed by atoms with E-state index in [-0.39, 0.29) is 18.6 Å². The highest BCUT2D eigenvalue weighted by atomic mass is 79.9. The van der Waals surface area contributed by atoms with E-state index in [1.807, 2.05) is 0 Å². The van der Waals surface area contributed by atoms with Crippen LogP contribution in [0.4, 0.5) is 0 Å². The van der Waals surface area contributed by atoms with Crippen molar-refractivity contribution in [3.8, 4) is 11.5 Å². The summed E-state index contributed by atoms with van der Waals surface area (Å²) in [7, 11) is 0. The van der Waals surface area contributed by atoms with Crippen molar-refractivity contribution in [1.82, 2.24) is 4.90 Å². The summed E-state index contributed by atoms with van der Waals surface area (Å²) in [6.07, 6.45) is 2.94. The molecular weight excluding hydrogens is 366 g/mol. The Morgan fingerprint density at radius 1 is 1.26 bits per heavy atom. The number of carbonyl (C=O) groups is 2. The van der Waals surface area contributed by atoms with Crippen LogP contribution in [-0.4, -0.2) is 41.3 Å². The van der Waals surface area contributed by atoms with Gasteiger partial charge in [0.15, 0.2) is 11.5 Å². The number of fused-ring (bicyclic) bond motifs is 2. The molecular formula is C16H16BrNO5. The van der Waals surface area contributed by atoms with Crippen molar-refractivity contribution in [2.45, 2.75) is 25.3 Å². The first-order chi connectivity index (χ1) is 11.1. The molecule has 7 heteroatoms. The molecule has 2 aliphatic heterocycles. The molecule has 3 atom stereocenters. The Labute approximate surface area is 141 Å². The minimum atomic E-state index is -0.910. The molecule has 1 amide bonds. The molecule has 0 bridgehead atoms. The van der Waals surface area contributed by atoms with Gasteiger partial charge in [-0.05, 0) is 52.7 Å². The molecule has 6 nitrogen and oxygen atoms in total. The van der Waals surface area contributed by atoms with Gasteiger partial charge in [-0.25, -0.2) is 4.79 Å². The lowest BCUT2D eigenvalue weighted by Gasteiger charge is -2.24. The Bertz CT molecular complexity index is 691. The fourth-order valence-electron chi connectivity index (χ4n) is 4.09. The van der Waals surface area contributed by atoms with Gasteiger partial charge in [0, 0.05) is 12.1 Å². The molecule has 3 aliphatic rings. The summed E-state index contributed by atoms with van der Waals surface area (Å²) >= 11 is 3.38. The third kappa shape index (κ3) is 2.29. The van der Waals surface area contributed by atoms with Crippen molar-refractivity contribution in [3.05, 3.63) is 22.2 Å². The number of carboxylic acids is 1. The van der Waals surface area contributed by atoms with Crippen molar-refractivity contribution in [1.29, 1.82) is 0 Å². The number of ether oxygens (including phenoxy) is 2. The zero-order chi connectivity index (χ0) is 16.1. The van der Waals surface area contributed by atoms with Gasteiger partial charge in [0.2, 0.25) is 6.79 Å². The fraction of sp³-hybridized carbons (Fsp3) is 0.500. The second-order valence-electron chi connectivity index (χ2n) is 6.29.